The van der Waals surface area contributed by atoms with Gasteiger partial charge in [0.15, 0.2) is 0 Å². The van der Waals surface area contributed by atoms with Crippen LogP contribution in [0, 0.1) is 6.92 Å². The number of pyridine rings is 2. The van der Waals surface area contributed by atoms with Crippen LogP contribution in [0.25, 0.3) is 54.8 Å². The van der Waals surface area contributed by atoms with Gasteiger partial charge in [0.2, 0.25) is 5.91 Å². The molecule has 0 aliphatic carbocycles. The SMILES string of the molecule is Cc1ccc(-c2cncc3[nH]c(-c4n[nH]c5ccc(-c6cncc(NC(=O)CN(C)C)c6)cc45)cc23)s1. The molecule has 5 aromatic heterocycles. The molecular formula is C28H25N7OS. The number of benzene rings is 1. The Balaban J connectivity index is 1.38. The van der Waals surface area contributed by atoms with E-state index < -0.39 is 0 Å². The van der Waals surface area contributed by atoms with Crippen LogP contribution in [0.2, 0.25) is 0 Å². The highest BCUT2D eigenvalue weighted by Gasteiger charge is 2.15. The maximum absolute atomic E-state index is 12.2. The van der Waals surface area contributed by atoms with E-state index in [1.807, 2.05) is 49.6 Å². The van der Waals surface area contributed by atoms with Gasteiger partial charge in [-0.2, -0.15) is 5.10 Å². The Morgan fingerprint density at radius 3 is 2.62 bits per heavy atom. The molecule has 6 rings (SSSR count). The number of nitrogens with one attached hydrogen (secondary N) is 3. The molecule has 0 saturated heterocycles. The summed E-state index contributed by atoms with van der Waals surface area (Å²) in [5.74, 6) is -0.0816. The number of amides is 1. The lowest BCUT2D eigenvalue weighted by Gasteiger charge is -2.11. The van der Waals surface area contributed by atoms with Crippen molar-refractivity contribution in [3.8, 4) is 33.0 Å². The minimum absolute atomic E-state index is 0.0816. The molecule has 1 aromatic carbocycles. The van der Waals surface area contributed by atoms with Crippen molar-refractivity contribution >= 4 is 44.7 Å². The number of hydrogen-bond acceptors (Lipinski definition) is 6. The number of nitrogens with zero attached hydrogens (tertiary/aromatic N) is 4. The largest absolute Gasteiger partial charge is 0.352 e. The molecule has 0 aliphatic heterocycles. The molecule has 184 valence electrons. The minimum atomic E-state index is -0.0816. The Hall–Kier alpha value is -4.34. The second-order valence-electron chi connectivity index (χ2n) is 9.32. The maximum Gasteiger partial charge on any atom is 0.238 e. The Kier molecular flexibility index (Phi) is 5.78. The molecule has 0 spiro atoms. The van der Waals surface area contributed by atoms with Crippen molar-refractivity contribution in [3.05, 3.63) is 72.1 Å². The van der Waals surface area contributed by atoms with E-state index in [0.717, 1.165) is 49.9 Å². The van der Waals surface area contributed by atoms with Crippen molar-refractivity contribution in [1.82, 2.24) is 30.0 Å². The second-order valence-corrected chi connectivity index (χ2v) is 10.6. The topological polar surface area (TPSA) is 103 Å². The summed E-state index contributed by atoms with van der Waals surface area (Å²) in [6, 6.07) is 14.5. The van der Waals surface area contributed by atoms with Gasteiger partial charge in [-0.25, -0.2) is 0 Å². The van der Waals surface area contributed by atoms with E-state index in [1.165, 1.54) is 9.75 Å². The molecule has 3 N–H and O–H groups in total. The van der Waals surface area contributed by atoms with Crippen molar-refractivity contribution in [2.75, 3.05) is 26.0 Å². The van der Waals surface area contributed by atoms with E-state index in [0.29, 0.717) is 12.2 Å². The summed E-state index contributed by atoms with van der Waals surface area (Å²) >= 11 is 1.76. The number of anilines is 1. The van der Waals surface area contributed by atoms with Crippen molar-refractivity contribution in [2.45, 2.75) is 6.92 Å². The van der Waals surface area contributed by atoms with Gasteiger partial charge in [0.05, 0.1) is 41.4 Å². The van der Waals surface area contributed by atoms with Gasteiger partial charge in [0, 0.05) is 44.0 Å². The zero-order valence-corrected chi connectivity index (χ0v) is 21.5. The van der Waals surface area contributed by atoms with Gasteiger partial charge in [-0.1, -0.05) is 6.07 Å². The van der Waals surface area contributed by atoms with Crippen LogP contribution in [-0.4, -0.2) is 56.6 Å². The molecule has 6 aromatic rings. The van der Waals surface area contributed by atoms with Crippen LogP contribution in [0.1, 0.15) is 4.88 Å². The Bertz CT molecular complexity index is 1760. The molecule has 0 radical (unpaired) electrons. The smallest absolute Gasteiger partial charge is 0.238 e. The summed E-state index contributed by atoms with van der Waals surface area (Å²) in [6.45, 7) is 2.42. The molecule has 1 amide bonds. The first-order chi connectivity index (χ1) is 17.9. The first-order valence-electron chi connectivity index (χ1n) is 11.9. The zero-order chi connectivity index (χ0) is 25.5. The van der Waals surface area contributed by atoms with E-state index in [9.17, 15) is 4.79 Å². The summed E-state index contributed by atoms with van der Waals surface area (Å²) in [7, 11) is 3.72. The summed E-state index contributed by atoms with van der Waals surface area (Å²) in [4.78, 5) is 28.8. The Morgan fingerprint density at radius 1 is 0.946 bits per heavy atom. The van der Waals surface area contributed by atoms with E-state index in [4.69, 9.17) is 0 Å². The zero-order valence-electron chi connectivity index (χ0n) is 20.7. The first-order valence-corrected chi connectivity index (χ1v) is 12.7. The molecule has 0 bridgehead atoms. The fourth-order valence-corrected chi connectivity index (χ4v) is 5.40. The molecule has 5 heterocycles. The summed E-state index contributed by atoms with van der Waals surface area (Å²) < 4.78 is 0. The van der Waals surface area contributed by atoms with Crippen LogP contribution in [-0.2, 0) is 4.79 Å². The van der Waals surface area contributed by atoms with Crippen molar-refractivity contribution in [1.29, 1.82) is 0 Å². The first kappa shape index (κ1) is 23.1. The number of aryl methyl sites for hydroxylation is 1. The van der Waals surface area contributed by atoms with Crippen LogP contribution < -0.4 is 5.32 Å². The third kappa shape index (κ3) is 4.50. The highest BCUT2D eigenvalue weighted by molar-refractivity contribution is 7.15. The van der Waals surface area contributed by atoms with Crippen molar-refractivity contribution in [3.63, 3.8) is 0 Å². The number of carbonyl (C=O) groups is 1. The van der Waals surface area contributed by atoms with Crippen molar-refractivity contribution in [2.24, 2.45) is 0 Å². The maximum atomic E-state index is 12.2. The highest BCUT2D eigenvalue weighted by Crippen LogP contribution is 2.37. The summed E-state index contributed by atoms with van der Waals surface area (Å²) in [6.07, 6.45) is 7.23. The van der Waals surface area contributed by atoms with Crippen LogP contribution in [0.15, 0.2) is 67.3 Å². The van der Waals surface area contributed by atoms with E-state index in [2.05, 4.69) is 61.7 Å². The van der Waals surface area contributed by atoms with Crippen LogP contribution >= 0.6 is 11.3 Å². The molecule has 0 aliphatic rings. The fraction of sp³-hybridized carbons (Fsp3) is 0.143. The van der Waals surface area contributed by atoms with E-state index >= 15 is 0 Å². The predicted octanol–water partition coefficient (Wildman–Crippen LogP) is 5.71. The quantitative estimate of drug-likeness (QED) is 0.268. The number of likely N-dealkylation sites (N-methyl/N-ethyl adjacent to an activating group) is 1. The molecule has 0 atom stereocenters. The number of rotatable bonds is 6. The average Bonchev–Trinajstić information content (AvgIpc) is 3.60. The fourth-order valence-electron chi connectivity index (χ4n) is 4.51. The van der Waals surface area contributed by atoms with E-state index in [-0.39, 0.29) is 5.91 Å². The van der Waals surface area contributed by atoms with Crippen LogP contribution in [0.4, 0.5) is 5.69 Å². The molecule has 37 heavy (non-hydrogen) atoms. The van der Waals surface area contributed by atoms with Gasteiger partial charge < -0.3 is 15.2 Å². The lowest BCUT2D eigenvalue weighted by Crippen LogP contribution is -2.27. The molecule has 0 saturated carbocycles. The lowest BCUT2D eigenvalue weighted by atomic mass is 10.0. The predicted molar refractivity (Wildman–Crippen MR) is 150 cm³/mol. The Morgan fingerprint density at radius 2 is 1.81 bits per heavy atom. The summed E-state index contributed by atoms with van der Waals surface area (Å²) in [5.41, 5.74) is 7.33. The number of aromatic amines is 2. The number of hydrogen-bond donors (Lipinski definition) is 3. The number of carbonyl (C=O) groups excluding carboxylic acids is 1. The van der Waals surface area contributed by atoms with Crippen LogP contribution in [0.5, 0.6) is 0 Å². The molecule has 9 heteroatoms. The van der Waals surface area contributed by atoms with Gasteiger partial charge >= 0.3 is 0 Å². The van der Waals surface area contributed by atoms with Crippen LogP contribution in [0.3, 0.4) is 0 Å². The Labute approximate surface area is 217 Å². The van der Waals surface area contributed by atoms with Crippen molar-refractivity contribution < 1.29 is 4.79 Å². The molecule has 8 nitrogen and oxygen atoms in total. The highest BCUT2D eigenvalue weighted by atomic mass is 32.1. The number of thiophene rings is 1. The van der Waals surface area contributed by atoms with Gasteiger partial charge in [0.25, 0.3) is 0 Å². The van der Waals surface area contributed by atoms with Gasteiger partial charge in [-0.05, 0) is 63.0 Å². The minimum Gasteiger partial charge on any atom is -0.352 e. The van der Waals surface area contributed by atoms with Gasteiger partial charge in [-0.3, -0.25) is 19.9 Å². The summed E-state index contributed by atoms with van der Waals surface area (Å²) in [5, 5.41) is 12.8. The average molecular weight is 508 g/mol. The number of H-pyrrole nitrogens is 2. The lowest BCUT2D eigenvalue weighted by molar-refractivity contribution is -0.116. The number of aromatic nitrogens is 5. The molecule has 0 fully saturated rings. The third-order valence-corrected chi connectivity index (χ3v) is 7.22. The molecule has 0 unspecified atom stereocenters. The second kappa shape index (κ2) is 9.27. The van der Waals surface area contributed by atoms with Gasteiger partial charge in [-0.15, -0.1) is 11.3 Å². The van der Waals surface area contributed by atoms with Gasteiger partial charge in [0.1, 0.15) is 5.69 Å². The molecular weight excluding hydrogens is 482 g/mol. The third-order valence-electron chi connectivity index (χ3n) is 6.18. The van der Waals surface area contributed by atoms with E-state index in [1.54, 1.807) is 23.7 Å². The monoisotopic (exact) mass is 507 g/mol. The standard InChI is InChI=1S/C28H25N7OS/c1-16-4-7-26(37-16)22-13-30-14-25-20(22)10-24(32-25)28-21-9-17(5-6-23(21)33-34-28)18-8-19(12-29-11-18)31-27(36)15-35(2)3/h4-14,32H,15H2,1-3H3,(H,31,36)(H,33,34). The normalized spacial score (nSPS) is 11.6. The number of fused-ring (bicyclic) bond motifs is 2.